The van der Waals surface area contributed by atoms with Gasteiger partial charge in [-0.1, -0.05) is 0 Å². The molecule has 5 saturated carbocycles. The first-order valence-corrected chi connectivity index (χ1v) is 10.7. The van der Waals surface area contributed by atoms with E-state index in [9.17, 15) is 14.4 Å². The number of H-pyrrole nitrogens is 1. The fraction of sp³-hybridized carbons (Fsp3) is 0.737. The van der Waals surface area contributed by atoms with Gasteiger partial charge in [0.25, 0.3) is 5.56 Å². The number of rotatable bonds is 5. The lowest BCUT2D eigenvalue weighted by Gasteiger charge is -2.56. The molecule has 0 unspecified atom stereocenters. The van der Waals surface area contributed by atoms with Crippen LogP contribution >= 0.6 is 11.8 Å². The molecule has 5 fully saturated rings. The smallest absolute Gasteiger partial charge is 0.330 e. The number of Topliss-reactive ketones (excluding diaryl/α,β-unsaturated/α-hetero) is 1. The summed E-state index contributed by atoms with van der Waals surface area (Å²) in [4.78, 5) is 39.4. The van der Waals surface area contributed by atoms with Crippen LogP contribution < -0.4 is 17.0 Å². The van der Waals surface area contributed by atoms with Crippen molar-refractivity contribution < 1.29 is 4.79 Å². The molecule has 0 spiro atoms. The monoisotopic (exact) mass is 375 g/mol. The Labute approximate surface area is 155 Å². The zero-order valence-corrected chi connectivity index (χ0v) is 15.6. The summed E-state index contributed by atoms with van der Waals surface area (Å²) < 4.78 is 1.61. The highest BCUT2D eigenvalue weighted by molar-refractivity contribution is 8.01. The summed E-state index contributed by atoms with van der Waals surface area (Å²) in [6.45, 7) is 0. The second kappa shape index (κ2) is 5.75. The van der Waals surface area contributed by atoms with E-state index >= 15 is 0 Å². The predicted molar refractivity (Wildman–Crippen MR) is 102 cm³/mol. The summed E-state index contributed by atoms with van der Waals surface area (Å²) in [5.74, 6) is 2.58. The van der Waals surface area contributed by atoms with E-state index in [0.29, 0.717) is 0 Å². The molecule has 1 aromatic heterocycles. The number of nitrogens with zero attached hydrogens (tertiary/aromatic N) is 1. The average molecular weight is 375 g/mol. The van der Waals surface area contributed by atoms with Crippen LogP contribution in [0.3, 0.4) is 0 Å². The minimum absolute atomic E-state index is 0.0197. The lowest BCUT2D eigenvalue weighted by atomic mass is 9.56. The van der Waals surface area contributed by atoms with Crippen molar-refractivity contribution in [1.29, 1.82) is 0 Å². The zero-order chi connectivity index (χ0) is 18.1. The molecule has 0 aliphatic heterocycles. The van der Waals surface area contributed by atoms with Crippen LogP contribution in [0.4, 0.5) is 5.82 Å². The molecule has 0 radical (unpaired) electrons. The normalized spacial score (nSPS) is 35.0. The fourth-order valence-corrected chi connectivity index (χ4v) is 7.67. The SMILES string of the molecule is Nc1c(C(=O)CSC23CC4CC(CC(C4)C2)C3)c(=O)[nH]c(=O)n1C1CC1. The zero-order valence-electron chi connectivity index (χ0n) is 14.8. The second-order valence-corrected chi connectivity index (χ2v) is 10.4. The predicted octanol–water partition coefficient (Wildman–Crippen LogP) is 2.34. The molecule has 26 heavy (non-hydrogen) atoms. The molecule has 0 aromatic carbocycles. The van der Waals surface area contributed by atoms with Crippen molar-refractivity contribution in [1.82, 2.24) is 9.55 Å². The number of carbonyl (C=O) groups excluding carboxylic acids is 1. The number of nitrogen functional groups attached to an aromatic ring is 1. The number of carbonyl (C=O) groups is 1. The van der Waals surface area contributed by atoms with Crippen molar-refractivity contribution in [2.45, 2.75) is 62.2 Å². The first-order chi connectivity index (χ1) is 12.4. The molecule has 0 amide bonds. The number of aromatic nitrogens is 2. The lowest BCUT2D eigenvalue weighted by Crippen LogP contribution is -2.49. The van der Waals surface area contributed by atoms with E-state index in [1.54, 1.807) is 11.8 Å². The topological polar surface area (TPSA) is 98.0 Å². The maximum absolute atomic E-state index is 12.8. The molecule has 6 nitrogen and oxygen atoms in total. The van der Waals surface area contributed by atoms with Crippen molar-refractivity contribution in [2.75, 3.05) is 11.5 Å². The van der Waals surface area contributed by atoms with E-state index in [2.05, 4.69) is 4.98 Å². The van der Waals surface area contributed by atoms with Crippen LogP contribution in [0.15, 0.2) is 9.59 Å². The molecule has 0 saturated heterocycles. The van der Waals surface area contributed by atoms with Gasteiger partial charge in [-0.15, -0.1) is 11.8 Å². The highest BCUT2D eigenvalue weighted by Crippen LogP contribution is 2.60. The largest absolute Gasteiger partial charge is 0.384 e. The summed E-state index contributed by atoms with van der Waals surface area (Å²) in [5, 5.41) is 0. The third kappa shape index (κ3) is 2.66. The highest BCUT2D eigenvalue weighted by Gasteiger charge is 2.51. The maximum atomic E-state index is 12.8. The molecule has 6 rings (SSSR count). The van der Waals surface area contributed by atoms with Crippen molar-refractivity contribution in [3.63, 3.8) is 0 Å². The van der Waals surface area contributed by atoms with Gasteiger partial charge in [-0.05, 0) is 69.1 Å². The van der Waals surface area contributed by atoms with E-state index in [1.165, 1.54) is 43.1 Å². The van der Waals surface area contributed by atoms with E-state index in [4.69, 9.17) is 5.73 Å². The van der Waals surface area contributed by atoms with E-state index in [1.807, 2.05) is 0 Å². The molecule has 1 aromatic rings. The van der Waals surface area contributed by atoms with Gasteiger partial charge in [0.2, 0.25) is 0 Å². The van der Waals surface area contributed by atoms with Gasteiger partial charge in [-0.2, -0.15) is 0 Å². The average Bonchev–Trinajstić information content (AvgIpc) is 3.36. The van der Waals surface area contributed by atoms with Crippen LogP contribution in [0.1, 0.15) is 67.8 Å². The number of ketones is 1. The molecule has 3 N–H and O–H groups in total. The number of anilines is 1. The van der Waals surface area contributed by atoms with Gasteiger partial charge in [-0.25, -0.2) is 4.79 Å². The van der Waals surface area contributed by atoms with E-state index in [-0.39, 0.29) is 33.7 Å². The van der Waals surface area contributed by atoms with Gasteiger partial charge in [0, 0.05) is 10.8 Å². The van der Waals surface area contributed by atoms with Crippen LogP contribution in [0, 0.1) is 17.8 Å². The Balaban J connectivity index is 1.37. The molecular weight excluding hydrogens is 350 g/mol. The number of nitrogens with one attached hydrogen (secondary N) is 1. The first-order valence-electron chi connectivity index (χ1n) is 9.75. The first kappa shape index (κ1) is 16.7. The molecule has 1 heterocycles. The maximum Gasteiger partial charge on any atom is 0.330 e. The Morgan fingerprint density at radius 2 is 1.69 bits per heavy atom. The fourth-order valence-electron chi connectivity index (χ4n) is 6.03. The Bertz CT molecular complexity index is 848. The number of hydrogen-bond acceptors (Lipinski definition) is 5. The van der Waals surface area contributed by atoms with Crippen LogP contribution in [0.5, 0.6) is 0 Å². The molecule has 0 atom stereocenters. The van der Waals surface area contributed by atoms with E-state index in [0.717, 1.165) is 30.6 Å². The minimum atomic E-state index is -0.638. The van der Waals surface area contributed by atoms with Crippen molar-refractivity contribution in [2.24, 2.45) is 17.8 Å². The van der Waals surface area contributed by atoms with Crippen molar-refractivity contribution in [3.8, 4) is 0 Å². The third-order valence-corrected chi connectivity index (χ3v) is 8.38. The molecule has 140 valence electrons. The summed E-state index contributed by atoms with van der Waals surface area (Å²) >= 11 is 1.74. The van der Waals surface area contributed by atoms with Crippen LogP contribution in [0.2, 0.25) is 0 Å². The summed E-state index contributed by atoms with van der Waals surface area (Å²) in [6, 6.07) is 0.0294. The van der Waals surface area contributed by atoms with Crippen LogP contribution in [-0.2, 0) is 0 Å². The number of thioether (sulfide) groups is 1. The summed E-state index contributed by atoms with van der Waals surface area (Å²) in [6.07, 6.45) is 9.48. The molecule has 4 bridgehead atoms. The van der Waals surface area contributed by atoms with Crippen molar-refractivity contribution in [3.05, 3.63) is 26.4 Å². The Hall–Kier alpha value is -1.50. The Morgan fingerprint density at radius 1 is 1.12 bits per heavy atom. The summed E-state index contributed by atoms with van der Waals surface area (Å²) in [5.41, 5.74) is 4.92. The van der Waals surface area contributed by atoms with Gasteiger partial charge in [0.1, 0.15) is 11.4 Å². The molecule has 7 heteroatoms. The lowest BCUT2D eigenvalue weighted by molar-refractivity contribution is 0.0383. The van der Waals surface area contributed by atoms with Gasteiger partial charge in [-0.3, -0.25) is 19.1 Å². The van der Waals surface area contributed by atoms with E-state index < -0.39 is 11.2 Å². The van der Waals surface area contributed by atoms with Crippen LogP contribution in [0.25, 0.3) is 0 Å². The summed E-state index contributed by atoms with van der Waals surface area (Å²) in [7, 11) is 0. The van der Waals surface area contributed by atoms with Crippen molar-refractivity contribution >= 4 is 23.4 Å². The number of nitrogens with two attached hydrogens (primary N) is 1. The Kier molecular flexibility index (Phi) is 3.68. The minimum Gasteiger partial charge on any atom is -0.384 e. The van der Waals surface area contributed by atoms with Gasteiger partial charge < -0.3 is 5.73 Å². The molecular formula is C19H25N3O3S. The van der Waals surface area contributed by atoms with Gasteiger partial charge in [0.05, 0.1) is 5.75 Å². The molecule has 5 aliphatic carbocycles. The third-order valence-electron chi connectivity index (χ3n) is 6.86. The van der Waals surface area contributed by atoms with Crippen LogP contribution in [-0.4, -0.2) is 25.8 Å². The highest BCUT2D eigenvalue weighted by atomic mass is 32.2. The quantitative estimate of drug-likeness (QED) is 0.770. The standard InChI is InChI=1S/C19H25N3O3S/c20-16-15(17(24)21-18(25)22(16)13-1-2-13)14(23)9-26-19-6-10-3-11(7-19)5-12(4-10)8-19/h10-13H,1-9,20H2,(H,21,24,25). The number of aromatic amines is 1. The Morgan fingerprint density at radius 3 is 2.23 bits per heavy atom. The van der Waals surface area contributed by atoms with Gasteiger partial charge >= 0.3 is 5.69 Å². The second-order valence-electron chi connectivity index (χ2n) is 8.93. The number of hydrogen-bond donors (Lipinski definition) is 2. The molecule has 5 aliphatic rings. The van der Waals surface area contributed by atoms with Gasteiger partial charge in [0.15, 0.2) is 5.78 Å².